The van der Waals surface area contributed by atoms with Crippen molar-refractivity contribution in [1.82, 2.24) is 15.0 Å². The third kappa shape index (κ3) is 2.30. The summed E-state index contributed by atoms with van der Waals surface area (Å²) in [5, 5.41) is 1.79. The summed E-state index contributed by atoms with van der Waals surface area (Å²) in [5.41, 5.74) is 0.838. The Morgan fingerprint density at radius 3 is 2.80 bits per heavy atom. The second-order valence-corrected chi connectivity index (χ2v) is 4.19. The van der Waals surface area contributed by atoms with E-state index in [0.717, 1.165) is 10.6 Å². The van der Waals surface area contributed by atoms with Crippen LogP contribution in [0.4, 0.5) is 0 Å². The summed E-state index contributed by atoms with van der Waals surface area (Å²) >= 11 is 7.28. The summed E-state index contributed by atoms with van der Waals surface area (Å²) in [6.07, 6.45) is 3.11. The molecule has 0 radical (unpaired) electrons. The molecule has 6 heteroatoms. The minimum atomic E-state index is 0.469. The van der Waals surface area contributed by atoms with Crippen molar-refractivity contribution in [3.63, 3.8) is 0 Å². The fourth-order valence-corrected chi connectivity index (χ4v) is 2.09. The standard InChI is InChI=1S/C9H8ClN3OS/c1-5-7(10)12-6(2)13-8(5)15-9-11-3-4-14-9/h3-4H,1-2H3. The Morgan fingerprint density at radius 2 is 2.13 bits per heavy atom. The summed E-state index contributed by atoms with van der Waals surface area (Å²) in [7, 11) is 0. The molecule has 0 aliphatic heterocycles. The fraction of sp³-hybridized carbons (Fsp3) is 0.222. The van der Waals surface area contributed by atoms with Crippen molar-refractivity contribution in [3.05, 3.63) is 29.0 Å². The molecule has 0 aliphatic rings. The molecule has 0 atom stereocenters. The summed E-state index contributed by atoms with van der Waals surface area (Å²) in [6, 6.07) is 0. The molecule has 0 aliphatic carbocycles. The van der Waals surface area contributed by atoms with Crippen LogP contribution in [0, 0.1) is 13.8 Å². The largest absolute Gasteiger partial charge is 0.440 e. The van der Waals surface area contributed by atoms with Crippen molar-refractivity contribution in [1.29, 1.82) is 0 Å². The lowest BCUT2D eigenvalue weighted by molar-refractivity contribution is 0.454. The smallest absolute Gasteiger partial charge is 0.261 e. The minimum absolute atomic E-state index is 0.469. The summed E-state index contributed by atoms with van der Waals surface area (Å²) < 4.78 is 5.12. The molecule has 2 aromatic heterocycles. The number of aromatic nitrogens is 3. The Labute approximate surface area is 96.1 Å². The molecular formula is C9H8ClN3OS. The van der Waals surface area contributed by atoms with Crippen molar-refractivity contribution >= 4 is 23.4 Å². The summed E-state index contributed by atoms with van der Waals surface area (Å²) in [6.45, 7) is 3.66. The number of halogens is 1. The average Bonchev–Trinajstić information content (AvgIpc) is 2.66. The van der Waals surface area contributed by atoms with Gasteiger partial charge >= 0.3 is 0 Å². The van der Waals surface area contributed by atoms with E-state index in [1.54, 1.807) is 13.1 Å². The van der Waals surface area contributed by atoms with Crippen LogP contribution >= 0.6 is 23.4 Å². The topological polar surface area (TPSA) is 51.8 Å². The van der Waals surface area contributed by atoms with E-state index in [1.807, 2.05) is 6.92 Å². The van der Waals surface area contributed by atoms with Crippen molar-refractivity contribution in [3.8, 4) is 0 Å². The molecule has 0 amide bonds. The Kier molecular flexibility index (Phi) is 2.93. The molecule has 0 spiro atoms. The molecule has 0 saturated carbocycles. The lowest BCUT2D eigenvalue weighted by atomic mass is 10.4. The number of rotatable bonds is 2. The van der Waals surface area contributed by atoms with Gasteiger partial charge in [0.25, 0.3) is 5.22 Å². The molecule has 0 saturated heterocycles. The van der Waals surface area contributed by atoms with Gasteiger partial charge in [-0.05, 0) is 25.6 Å². The minimum Gasteiger partial charge on any atom is -0.440 e. The van der Waals surface area contributed by atoms with Crippen molar-refractivity contribution in [2.75, 3.05) is 0 Å². The lowest BCUT2D eigenvalue weighted by Gasteiger charge is -2.04. The van der Waals surface area contributed by atoms with Gasteiger partial charge in [0, 0.05) is 5.56 Å². The van der Waals surface area contributed by atoms with Crippen LogP contribution in [-0.2, 0) is 0 Å². The second-order valence-electron chi connectivity index (χ2n) is 2.89. The average molecular weight is 242 g/mol. The molecule has 0 bridgehead atoms. The normalized spacial score (nSPS) is 10.6. The first-order valence-corrected chi connectivity index (χ1v) is 5.44. The fourth-order valence-electron chi connectivity index (χ4n) is 1.01. The lowest BCUT2D eigenvalue weighted by Crippen LogP contribution is -1.94. The SMILES string of the molecule is Cc1nc(Cl)c(C)c(Sc2ncco2)n1. The van der Waals surface area contributed by atoms with Gasteiger partial charge < -0.3 is 4.42 Å². The Bertz CT molecular complexity index is 472. The van der Waals surface area contributed by atoms with E-state index >= 15 is 0 Å². The van der Waals surface area contributed by atoms with Gasteiger partial charge in [0.15, 0.2) is 0 Å². The van der Waals surface area contributed by atoms with Gasteiger partial charge in [-0.15, -0.1) is 0 Å². The number of hydrogen-bond acceptors (Lipinski definition) is 5. The first kappa shape index (κ1) is 10.4. The molecule has 2 rings (SSSR count). The van der Waals surface area contributed by atoms with Gasteiger partial charge in [0.1, 0.15) is 22.3 Å². The van der Waals surface area contributed by atoms with Crippen molar-refractivity contribution in [2.24, 2.45) is 0 Å². The van der Waals surface area contributed by atoms with E-state index < -0.39 is 0 Å². The van der Waals surface area contributed by atoms with Crippen LogP contribution in [0.3, 0.4) is 0 Å². The molecular weight excluding hydrogens is 234 g/mol. The van der Waals surface area contributed by atoms with Crippen LogP contribution in [0.15, 0.2) is 27.1 Å². The second kappa shape index (κ2) is 4.20. The first-order chi connectivity index (χ1) is 7.16. The summed E-state index contributed by atoms with van der Waals surface area (Å²) in [5.74, 6) is 0.639. The van der Waals surface area contributed by atoms with E-state index in [9.17, 15) is 0 Å². The van der Waals surface area contributed by atoms with Crippen LogP contribution in [0.2, 0.25) is 5.15 Å². The van der Waals surface area contributed by atoms with Crippen LogP contribution in [0.25, 0.3) is 0 Å². The Morgan fingerprint density at radius 1 is 1.33 bits per heavy atom. The van der Waals surface area contributed by atoms with Crippen LogP contribution < -0.4 is 0 Å². The number of aryl methyl sites for hydroxylation is 1. The molecule has 0 N–H and O–H groups in total. The van der Waals surface area contributed by atoms with Crippen molar-refractivity contribution < 1.29 is 4.42 Å². The molecule has 15 heavy (non-hydrogen) atoms. The van der Waals surface area contributed by atoms with E-state index in [0.29, 0.717) is 16.2 Å². The molecule has 0 fully saturated rings. The van der Waals surface area contributed by atoms with Gasteiger partial charge in [0.2, 0.25) is 0 Å². The van der Waals surface area contributed by atoms with Gasteiger partial charge in [-0.1, -0.05) is 11.6 Å². The summed E-state index contributed by atoms with van der Waals surface area (Å²) in [4.78, 5) is 12.3. The van der Waals surface area contributed by atoms with Crippen molar-refractivity contribution in [2.45, 2.75) is 24.1 Å². The molecule has 2 heterocycles. The monoisotopic (exact) mass is 241 g/mol. The molecule has 0 aromatic carbocycles. The zero-order valence-corrected chi connectivity index (χ0v) is 9.76. The maximum atomic E-state index is 5.94. The van der Waals surface area contributed by atoms with E-state index in [1.165, 1.54) is 18.0 Å². The maximum absolute atomic E-state index is 5.94. The van der Waals surface area contributed by atoms with Gasteiger partial charge in [-0.2, -0.15) is 0 Å². The number of hydrogen-bond donors (Lipinski definition) is 0. The third-order valence-electron chi connectivity index (χ3n) is 1.75. The predicted molar refractivity (Wildman–Crippen MR) is 57.1 cm³/mol. The molecule has 0 unspecified atom stereocenters. The quantitative estimate of drug-likeness (QED) is 0.757. The van der Waals surface area contributed by atoms with E-state index in [4.69, 9.17) is 16.0 Å². The number of nitrogens with zero attached hydrogens (tertiary/aromatic N) is 3. The Balaban J connectivity index is 2.36. The highest BCUT2D eigenvalue weighted by Gasteiger charge is 2.10. The zero-order valence-electron chi connectivity index (χ0n) is 8.19. The highest BCUT2D eigenvalue weighted by atomic mass is 35.5. The highest BCUT2D eigenvalue weighted by molar-refractivity contribution is 7.99. The highest BCUT2D eigenvalue weighted by Crippen LogP contribution is 2.29. The molecule has 4 nitrogen and oxygen atoms in total. The van der Waals surface area contributed by atoms with Gasteiger partial charge in [0.05, 0.1) is 6.20 Å². The van der Waals surface area contributed by atoms with Gasteiger partial charge in [-0.25, -0.2) is 15.0 Å². The van der Waals surface area contributed by atoms with Gasteiger partial charge in [-0.3, -0.25) is 0 Å². The van der Waals surface area contributed by atoms with Crippen LogP contribution in [0.1, 0.15) is 11.4 Å². The zero-order chi connectivity index (χ0) is 10.8. The predicted octanol–water partition coefficient (Wildman–Crippen LogP) is 2.89. The maximum Gasteiger partial charge on any atom is 0.261 e. The molecule has 2 aromatic rings. The van der Waals surface area contributed by atoms with Crippen LogP contribution in [0.5, 0.6) is 0 Å². The Hall–Kier alpha value is -1.07. The van der Waals surface area contributed by atoms with E-state index in [2.05, 4.69) is 15.0 Å². The third-order valence-corrected chi connectivity index (χ3v) is 3.08. The van der Waals surface area contributed by atoms with Crippen LogP contribution in [-0.4, -0.2) is 15.0 Å². The first-order valence-electron chi connectivity index (χ1n) is 4.25. The van der Waals surface area contributed by atoms with E-state index in [-0.39, 0.29) is 0 Å². The molecule has 78 valence electrons. The number of oxazole rings is 1.